The van der Waals surface area contributed by atoms with Crippen LogP contribution < -0.4 is 0 Å². The second-order valence-electron chi connectivity index (χ2n) is 9.77. The fraction of sp³-hybridized carbons (Fsp3) is 0.480. The third-order valence-electron chi connectivity index (χ3n) is 7.60. The van der Waals surface area contributed by atoms with E-state index in [4.69, 9.17) is 15.0 Å². The molecule has 2 unspecified atom stereocenters. The van der Waals surface area contributed by atoms with Gasteiger partial charge in [0.05, 0.1) is 17.6 Å². The van der Waals surface area contributed by atoms with Gasteiger partial charge in [0.2, 0.25) is 10.0 Å². The molecule has 2 fully saturated rings. The van der Waals surface area contributed by atoms with Crippen molar-refractivity contribution in [3.05, 3.63) is 53.7 Å². The number of imidazole rings is 1. The Morgan fingerprint density at radius 3 is 2.58 bits per heavy atom. The van der Waals surface area contributed by atoms with Crippen LogP contribution in [0.1, 0.15) is 67.2 Å². The molecule has 2 atom stereocenters. The van der Waals surface area contributed by atoms with Crippen LogP contribution in [-0.4, -0.2) is 51.6 Å². The highest BCUT2D eigenvalue weighted by Crippen LogP contribution is 2.52. The van der Waals surface area contributed by atoms with Crippen LogP contribution >= 0.6 is 0 Å². The van der Waals surface area contributed by atoms with Gasteiger partial charge in [-0.05, 0) is 63.3 Å². The number of fused-ring (bicyclic) bond motifs is 5. The van der Waals surface area contributed by atoms with Gasteiger partial charge < -0.3 is 4.57 Å². The Kier molecular flexibility index (Phi) is 4.92. The quantitative estimate of drug-likeness (QED) is 0.577. The number of nitrogens with zero attached hydrogens (tertiary/aromatic N) is 5. The molecule has 6 rings (SSSR count). The topological polar surface area (TPSA) is 81.0 Å². The highest BCUT2D eigenvalue weighted by molar-refractivity contribution is 7.88. The molecule has 2 aliphatic heterocycles. The van der Waals surface area contributed by atoms with Crippen LogP contribution in [-0.2, 0) is 10.0 Å². The Hall–Kier alpha value is -2.58. The Labute approximate surface area is 195 Å². The molecule has 172 valence electrons. The molecule has 0 aromatic carbocycles. The Morgan fingerprint density at radius 1 is 1.00 bits per heavy atom. The zero-order valence-corrected chi connectivity index (χ0v) is 19.9. The minimum Gasteiger partial charge on any atom is -0.324 e. The second kappa shape index (κ2) is 7.74. The van der Waals surface area contributed by atoms with E-state index < -0.39 is 10.0 Å². The molecular formula is C25H29N5O2S. The standard InChI is InChI=1S/C25H29N5O2S/c1-16-4-3-5-21(27-16)23-24(30-20-7-6-19(14-20)25(30)28-23)18-8-11-26-22(15-18)17-9-12-29(13-10-17)33(2,31)32/h3-5,8,11,15,17,19-20H,6-7,9-10,12-14H2,1-2H3. The van der Waals surface area contributed by atoms with E-state index in [9.17, 15) is 8.42 Å². The highest BCUT2D eigenvalue weighted by Gasteiger charge is 2.41. The van der Waals surface area contributed by atoms with Crippen molar-refractivity contribution in [2.24, 2.45) is 0 Å². The van der Waals surface area contributed by atoms with Crippen LogP contribution in [0.4, 0.5) is 0 Å². The highest BCUT2D eigenvalue weighted by atomic mass is 32.2. The number of sulfonamides is 1. The lowest BCUT2D eigenvalue weighted by molar-refractivity contribution is 0.318. The minimum absolute atomic E-state index is 0.265. The number of hydrogen-bond donors (Lipinski definition) is 0. The molecular weight excluding hydrogens is 434 g/mol. The van der Waals surface area contributed by atoms with Gasteiger partial charge in [0.15, 0.2) is 0 Å². The smallest absolute Gasteiger partial charge is 0.211 e. The molecule has 5 heterocycles. The van der Waals surface area contributed by atoms with Gasteiger partial charge in [0.1, 0.15) is 11.5 Å². The maximum absolute atomic E-state index is 11.9. The largest absolute Gasteiger partial charge is 0.324 e. The predicted molar refractivity (Wildman–Crippen MR) is 127 cm³/mol. The van der Waals surface area contributed by atoms with E-state index in [1.807, 2.05) is 25.3 Å². The van der Waals surface area contributed by atoms with Crippen molar-refractivity contribution >= 4 is 10.0 Å². The van der Waals surface area contributed by atoms with Crippen LogP contribution in [0.2, 0.25) is 0 Å². The van der Waals surface area contributed by atoms with Crippen LogP contribution in [0.15, 0.2) is 36.5 Å². The first-order valence-corrected chi connectivity index (χ1v) is 13.7. The summed E-state index contributed by atoms with van der Waals surface area (Å²) in [5, 5.41) is 0. The maximum atomic E-state index is 11.9. The first kappa shape index (κ1) is 21.0. The van der Waals surface area contributed by atoms with Gasteiger partial charge >= 0.3 is 0 Å². The second-order valence-corrected chi connectivity index (χ2v) is 11.8. The van der Waals surface area contributed by atoms with E-state index in [2.05, 4.69) is 22.8 Å². The molecule has 7 nitrogen and oxygen atoms in total. The van der Waals surface area contributed by atoms with Crippen molar-refractivity contribution in [2.45, 2.75) is 56.9 Å². The molecule has 3 aliphatic rings. The lowest BCUT2D eigenvalue weighted by atomic mass is 9.92. The van der Waals surface area contributed by atoms with Crippen molar-refractivity contribution in [3.8, 4) is 22.6 Å². The van der Waals surface area contributed by atoms with E-state index >= 15 is 0 Å². The molecule has 3 aromatic heterocycles. The predicted octanol–water partition coefficient (Wildman–Crippen LogP) is 4.28. The summed E-state index contributed by atoms with van der Waals surface area (Å²) in [6, 6.07) is 10.9. The zero-order chi connectivity index (χ0) is 22.7. The molecule has 1 saturated carbocycles. The summed E-state index contributed by atoms with van der Waals surface area (Å²) in [6.45, 7) is 3.13. The number of rotatable bonds is 4. The molecule has 2 bridgehead atoms. The summed E-state index contributed by atoms with van der Waals surface area (Å²) >= 11 is 0. The fourth-order valence-electron chi connectivity index (χ4n) is 5.97. The van der Waals surface area contributed by atoms with Crippen LogP contribution in [0, 0.1) is 6.92 Å². The van der Waals surface area contributed by atoms with Gasteiger partial charge in [-0.2, -0.15) is 0 Å². The van der Waals surface area contributed by atoms with E-state index in [0.717, 1.165) is 46.9 Å². The molecule has 8 heteroatoms. The summed E-state index contributed by atoms with van der Waals surface area (Å²) in [7, 11) is -3.13. The monoisotopic (exact) mass is 463 g/mol. The zero-order valence-electron chi connectivity index (χ0n) is 19.1. The number of piperidine rings is 1. The Morgan fingerprint density at radius 2 is 1.82 bits per heavy atom. The lowest BCUT2D eigenvalue weighted by Gasteiger charge is -2.30. The normalized spacial score (nSPS) is 23.2. The summed E-state index contributed by atoms with van der Waals surface area (Å²) in [5.41, 5.74) is 6.22. The van der Waals surface area contributed by atoms with Crippen LogP contribution in [0.5, 0.6) is 0 Å². The summed E-state index contributed by atoms with van der Waals surface area (Å²) < 4.78 is 27.9. The van der Waals surface area contributed by atoms with Gasteiger partial charge in [0.25, 0.3) is 0 Å². The summed E-state index contributed by atoms with van der Waals surface area (Å²) in [5.74, 6) is 2.02. The molecule has 33 heavy (non-hydrogen) atoms. The van der Waals surface area contributed by atoms with Crippen molar-refractivity contribution < 1.29 is 8.42 Å². The lowest BCUT2D eigenvalue weighted by Crippen LogP contribution is -2.37. The number of aromatic nitrogens is 4. The minimum atomic E-state index is -3.13. The van der Waals surface area contributed by atoms with Gasteiger partial charge in [-0.25, -0.2) is 17.7 Å². The third-order valence-corrected chi connectivity index (χ3v) is 8.90. The summed E-state index contributed by atoms with van der Waals surface area (Å²) in [4.78, 5) is 14.7. The fourth-order valence-corrected chi connectivity index (χ4v) is 6.84. The van der Waals surface area contributed by atoms with E-state index in [1.54, 1.807) is 4.31 Å². The first-order chi connectivity index (χ1) is 15.9. The van der Waals surface area contributed by atoms with Crippen molar-refractivity contribution in [1.29, 1.82) is 0 Å². The number of aryl methyl sites for hydroxylation is 1. The van der Waals surface area contributed by atoms with Gasteiger partial charge in [-0.15, -0.1) is 0 Å². The van der Waals surface area contributed by atoms with Gasteiger partial charge in [-0.1, -0.05) is 6.07 Å². The van der Waals surface area contributed by atoms with Gasteiger partial charge in [0, 0.05) is 54.1 Å². The van der Waals surface area contributed by atoms with Crippen LogP contribution in [0.3, 0.4) is 0 Å². The molecule has 0 spiro atoms. The molecule has 1 aliphatic carbocycles. The Bertz CT molecular complexity index is 1320. The average molecular weight is 464 g/mol. The van der Waals surface area contributed by atoms with Crippen molar-refractivity contribution in [1.82, 2.24) is 23.8 Å². The number of pyridine rings is 2. The van der Waals surface area contributed by atoms with E-state index in [1.165, 1.54) is 31.3 Å². The third kappa shape index (κ3) is 3.60. The Balaban J connectivity index is 1.40. The first-order valence-electron chi connectivity index (χ1n) is 11.9. The van der Waals surface area contributed by atoms with Crippen molar-refractivity contribution in [3.63, 3.8) is 0 Å². The van der Waals surface area contributed by atoms with Crippen LogP contribution in [0.25, 0.3) is 22.6 Å². The van der Waals surface area contributed by atoms with Gasteiger partial charge in [-0.3, -0.25) is 9.97 Å². The molecule has 3 aromatic rings. The molecule has 0 amide bonds. The van der Waals surface area contributed by atoms with E-state index in [0.29, 0.717) is 25.0 Å². The SMILES string of the molecule is Cc1cccc(-c2nc3n(c2-c2ccnc(C4CCN(S(C)(=O)=O)CC4)c2)C2CCC3C2)n1. The molecule has 0 N–H and O–H groups in total. The maximum Gasteiger partial charge on any atom is 0.211 e. The number of hydrogen-bond acceptors (Lipinski definition) is 5. The summed E-state index contributed by atoms with van der Waals surface area (Å²) in [6.07, 6.45) is 8.41. The van der Waals surface area contributed by atoms with E-state index in [-0.39, 0.29) is 5.92 Å². The van der Waals surface area contributed by atoms with Crippen molar-refractivity contribution in [2.75, 3.05) is 19.3 Å². The average Bonchev–Trinajstić information content (AvgIpc) is 3.51. The molecule has 0 radical (unpaired) electrons. The molecule has 1 saturated heterocycles.